The van der Waals surface area contributed by atoms with Gasteiger partial charge < -0.3 is 14.8 Å². The largest absolute Gasteiger partial charge is 0.354 e. The van der Waals surface area contributed by atoms with Crippen molar-refractivity contribution >= 4 is 34.5 Å². The Morgan fingerprint density at radius 1 is 1.10 bits per heavy atom. The second kappa shape index (κ2) is 8.96. The smallest absolute Gasteiger partial charge is 0.257 e. The van der Waals surface area contributed by atoms with Crippen molar-refractivity contribution in [1.82, 2.24) is 14.8 Å². The standard InChI is InChI=1S/C24H27N3O2S/c1-17(2)12-25-23(28)22-15-30-16-27(22)24(29)20-14-26(13-18-8-4-3-5-9-18)21-11-7-6-10-19(20)21/h3-11,14,17,22H,12-13,15-16H2,1-2H3,(H,25,28)/t22-/m0/s1. The van der Waals surface area contributed by atoms with E-state index in [1.165, 1.54) is 5.56 Å². The van der Waals surface area contributed by atoms with E-state index >= 15 is 0 Å². The fourth-order valence-corrected chi connectivity index (χ4v) is 4.92. The van der Waals surface area contributed by atoms with Gasteiger partial charge in [-0.1, -0.05) is 62.4 Å². The van der Waals surface area contributed by atoms with Crippen molar-refractivity contribution < 1.29 is 9.59 Å². The summed E-state index contributed by atoms with van der Waals surface area (Å²) in [4.78, 5) is 27.9. The predicted octanol–water partition coefficient (Wildman–Crippen LogP) is 3.98. The van der Waals surface area contributed by atoms with E-state index in [4.69, 9.17) is 0 Å². The SMILES string of the molecule is CC(C)CNC(=O)[C@@H]1CSCN1C(=O)c1cn(Cc2ccccc2)c2ccccc12. The first-order valence-corrected chi connectivity index (χ1v) is 11.5. The quantitative estimate of drug-likeness (QED) is 0.655. The van der Waals surface area contributed by atoms with Crippen LogP contribution in [0, 0.1) is 5.92 Å². The fraction of sp³-hybridized carbons (Fsp3) is 0.333. The summed E-state index contributed by atoms with van der Waals surface area (Å²) in [5.41, 5.74) is 2.86. The van der Waals surface area contributed by atoms with Gasteiger partial charge in [0, 0.05) is 35.9 Å². The Labute approximate surface area is 181 Å². The molecule has 30 heavy (non-hydrogen) atoms. The molecule has 4 rings (SSSR count). The molecule has 1 atom stereocenters. The van der Waals surface area contributed by atoms with Crippen molar-refractivity contribution in [3.63, 3.8) is 0 Å². The summed E-state index contributed by atoms with van der Waals surface area (Å²) in [6, 6.07) is 17.8. The monoisotopic (exact) mass is 421 g/mol. The van der Waals surface area contributed by atoms with Gasteiger partial charge in [0.05, 0.1) is 11.4 Å². The number of nitrogens with one attached hydrogen (secondary N) is 1. The Morgan fingerprint density at radius 2 is 1.83 bits per heavy atom. The number of rotatable bonds is 6. The molecule has 0 bridgehead atoms. The summed E-state index contributed by atoms with van der Waals surface area (Å²) in [5.74, 6) is 1.42. The number of fused-ring (bicyclic) bond motifs is 1. The number of carbonyl (C=O) groups excluding carboxylic acids is 2. The highest BCUT2D eigenvalue weighted by molar-refractivity contribution is 7.99. The highest BCUT2D eigenvalue weighted by atomic mass is 32.2. The van der Waals surface area contributed by atoms with Crippen LogP contribution in [0.5, 0.6) is 0 Å². The molecule has 2 heterocycles. The van der Waals surface area contributed by atoms with Crippen molar-refractivity contribution in [3.05, 3.63) is 71.9 Å². The molecule has 6 heteroatoms. The van der Waals surface area contributed by atoms with Crippen molar-refractivity contribution in [2.24, 2.45) is 5.92 Å². The Kier molecular flexibility index (Phi) is 6.13. The van der Waals surface area contributed by atoms with Gasteiger partial charge in [-0.25, -0.2) is 0 Å². The van der Waals surface area contributed by atoms with Crippen LogP contribution in [0.1, 0.15) is 29.8 Å². The molecule has 5 nitrogen and oxygen atoms in total. The third-order valence-corrected chi connectivity index (χ3v) is 6.36. The van der Waals surface area contributed by atoms with E-state index in [0.29, 0.717) is 36.2 Å². The maximum atomic E-state index is 13.5. The lowest BCUT2D eigenvalue weighted by molar-refractivity contribution is -0.124. The third kappa shape index (κ3) is 4.24. The zero-order valence-corrected chi connectivity index (χ0v) is 18.2. The summed E-state index contributed by atoms with van der Waals surface area (Å²) in [6.07, 6.45) is 1.94. The van der Waals surface area contributed by atoms with E-state index < -0.39 is 6.04 Å². The summed E-state index contributed by atoms with van der Waals surface area (Å²) in [7, 11) is 0. The minimum atomic E-state index is -0.419. The lowest BCUT2D eigenvalue weighted by Gasteiger charge is -2.23. The minimum absolute atomic E-state index is 0.0601. The van der Waals surface area contributed by atoms with E-state index in [1.54, 1.807) is 16.7 Å². The Balaban J connectivity index is 1.62. The number of nitrogens with zero attached hydrogens (tertiary/aromatic N) is 2. The van der Waals surface area contributed by atoms with E-state index in [0.717, 1.165) is 10.9 Å². The Bertz CT molecular complexity index is 1050. The molecule has 1 aliphatic rings. The van der Waals surface area contributed by atoms with Gasteiger partial charge in [0.1, 0.15) is 6.04 Å². The first-order chi connectivity index (χ1) is 14.5. The highest BCUT2D eigenvalue weighted by Crippen LogP contribution is 2.28. The lowest BCUT2D eigenvalue weighted by Crippen LogP contribution is -2.47. The van der Waals surface area contributed by atoms with Gasteiger partial charge in [-0.2, -0.15) is 0 Å². The average Bonchev–Trinajstić information content (AvgIpc) is 3.38. The van der Waals surface area contributed by atoms with Crippen LogP contribution in [0.3, 0.4) is 0 Å². The average molecular weight is 422 g/mol. The molecule has 0 unspecified atom stereocenters. The molecular weight excluding hydrogens is 394 g/mol. The zero-order valence-electron chi connectivity index (χ0n) is 17.4. The number of benzene rings is 2. The Morgan fingerprint density at radius 3 is 2.60 bits per heavy atom. The molecule has 1 N–H and O–H groups in total. The van der Waals surface area contributed by atoms with Crippen LogP contribution >= 0.6 is 11.8 Å². The molecule has 3 aromatic rings. The number of hydrogen-bond acceptors (Lipinski definition) is 3. The maximum absolute atomic E-state index is 13.5. The molecule has 0 spiro atoms. The van der Waals surface area contributed by atoms with Gasteiger partial charge in [-0.3, -0.25) is 9.59 Å². The van der Waals surface area contributed by atoms with Crippen molar-refractivity contribution in [2.45, 2.75) is 26.4 Å². The molecule has 0 saturated carbocycles. The number of thioether (sulfide) groups is 1. The summed E-state index contributed by atoms with van der Waals surface area (Å²) in [6.45, 7) is 5.45. The molecule has 1 fully saturated rings. The van der Waals surface area contributed by atoms with Gasteiger partial charge in [-0.15, -0.1) is 11.8 Å². The first kappa shape index (κ1) is 20.5. The summed E-state index contributed by atoms with van der Waals surface area (Å²) >= 11 is 1.63. The van der Waals surface area contributed by atoms with Gasteiger partial charge in [0.15, 0.2) is 0 Å². The molecule has 2 amide bonds. The molecule has 1 aliphatic heterocycles. The second-order valence-electron chi connectivity index (χ2n) is 8.10. The van der Waals surface area contributed by atoms with Crippen molar-refractivity contribution in [2.75, 3.05) is 18.2 Å². The van der Waals surface area contributed by atoms with Gasteiger partial charge in [0.25, 0.3) is 5.91 Å². The molecule has 0 radical (unpaired) electrons. The molecule has 0 aliphatic carbocycles. The molecule has 2 aromatic carbocycles. The number of hydrogen-bond donors (Lipinski definition) is 1. The van der Waals surface area contributed by atoms with Crippen LogP contribution in [-0.2, 0) is 11.3 Å². The fourth-order valence-electron chi connectivity index (χ4n) is 3.77. The topological polar surface area (TPSA) is 54.3 Å². The lowest BCUT2D eigenvalue weighted by atomic mass is 10.1. The number of carbonyl (C=O) groups is 2. The molecule has 1 saturated heterocycles. The highest BCUT2D eigenvalue weighted by Gasteiger charge is 2.36. The van der Waals surface area contributed by atoms with Crippen LogP contribution in [-0.4, -0.2) is 45.5 Å². The van der Waals surface area contributed by atoms with Gasteiger partial charge in [-0.05, 0) is 17.5 Å². The first-order valence-electron chi connectivity index (χ1n) is 10.3. The number of para-hydroxylation sites is 1. The normalized spacial score (nSPS) is 16.4. The van der Waals surface area contributed by atoms with Crippen LogP contribution in [0.25, 0.3) is 10.9 Å². The summed E-state index contributed by atoms with van der Waals surface area (Å²) < 4.78 is 2.12. The number of amides is 2. The predicted molar refractivity (Wildman–Crippen MR) is 123 cm³/mol. The van der Waals surface area contributed by atoms with E-state index in [1.807, 2.05) is 48.7 Å². The van der Waals surface area contributed by atoms with Gasteiger partial charge in [0.2, 0.25) is 5.91 Å². The molecule has 156 valence electrons. The van der Waals surface area contributed by atoms with Crippen molar-refractivity contribution in [3.8, 4) is 0 Å². The van der Waals surface area contributed by atoms with E-state index in [-0.39, 0.29) is 11.8 Å². The maximum Gasteiger partial charge on any atom is 0.257 e. The van der Waals surface area contributed by atoms with Crippen LogP contribution in [0.2, 0.25) is 0 Å². The van der Waals surface area contributed by atoms with Crippen LogP contribution < -0.4 is 5.32 Å². The van der Waals surface area contributed by atoms with E-state index in [9.17, 15) is 9.59 Å². The minimum Gasteiger partial charge on any atom is -0.354 e. The van der Waals surface area contributed by atoms with Crippen LogP contribution in [0.4, 0.5) is 0 Å². The molecular formula is C24H27N3O2S. The second-order valence-corrected chi connectivity index (χ2v) is 9.10. The zero-order chi connectivity index (χ0) is 21.1. The van der Waals surface area contributed by atoms with Gasteiger partial charge >= 0.3 is 0 Å². The Hall–Kier alpha value is -2.73. The number of aromatic nitrogens is 1. The third-order valence-electron chi connectivity index (χ3n) is 5.35. The van der Waals surface area contributed by atoms with Crippen LogP contribution in [0.15, 0.2) is 60.8 Å². The molecule has 1 aromatic heterocycles. The summed E-state index contributed by atoms with van der Waals surface area (Å²) in [5, 5.41) is 3.91. The van der Waals surface area contributed by atoms with E-state index in [2.05, 4.69) is 35.9 Å². The van der Waals surface area contributed by atoms with Crippen molar-refractivity contribution in [1.29, 1.82) is 0 Å².